The summed E-state index contributed by atoms with van der Waals surface area (Å²) < 4.78 is 0. The smallest absolute Gasteiger partial charge is 0.191 e. The minimum absolute atomic E-state index is 0. The second kappa shape index (κ2) is 10.7. The Balaban J connectivity index is 0.00000256. The van der Waals surface area contributed by atoms with Crippen LogP contribution in [0.4, 0.5) is 5.69 Å². The van der Waals surface area contributed by atoms with E-state index in [9.17, 15) is 0 Å². The highest BCUT2D eigenvalue weighted by Gasteiger charge is 2.23. The highest BCUT2D eigenvalue weighted by molar-refractivity contribution is 14.0. The molecule has 2 heterocycles. The molecule has 1 aliphatic heterocycles. The van der Waals surface area contributed by atoms with Crippen molar-refractivity contribution in [1.29, 1.82) is 0 Å². The molecule has 3 N–H and O–H groups in total. The molecule has 0 spiro atoms. The maximum Gasteiger partial charge on any atom is 0.191 e. The zero-order valence-electron chi connectivity index (χ0n) is 16.8. The number of aliphatic imine (C=N–C) groups is 1. The normalized spacial score (nSPS) is 16.3. The molecule has 1 aromatic heterocycles. The molecule has 4 rings (SSSR count). The van der Waals surface area contributed by atoms with Crippen LogP contribution in [0.25, 0.3) is 11.3 Å². The molecule has 30 heavy (non-hydrogen) atoms. The van der Waals surface area contributed by atoms with E-state index in [1.165, 1.54) is 0 Å². The number of anilines is 1. The number of imidazole rings is 1. The zero-order valence-corrected chi connectivity index (χ0v) is 19.9. The van der Waals surface area contributed by atoms with Crippen molar-refractivity contribution in [2.24, 2.45) is 4.99 Å². The Labute approximate surface area is 199 Å². The van der Waals surface area contributed by atoms with Crippen LogP contribution in [0.15, 0.2) is 65.8 Å². The largest absolute Gasteiger partial charge is 0.369 e. The van der Waals surface area contributed by atoms with Gasteiger partial charge in [-0.05, 0) is 30.2 Å². The molecular formula is C22H26ClIN6. The van der Waals surface area contributed by atoms with Crippen LogP contribution in [0.1, 0.15) is 12.2 Å². The number of hydrogen-bond donors (Lipinski definition) is 3. The monoisotopic (exact) mass is 536 g/mol. The Kier molecular flexibility index (Phi) is 7.98. The summed E-state index contributed by atoms with van der Waals surface area (Å²) in [5.41, 5.74) is 3.30. The van der Waals surface area contributed by atoms with Crippen LogP contribution in [-0.2, 0) is 6.54 Å². The standard InChI is InChI=1S/C22H25ClN6.HI/c1-24-22(26-14-21-25-13-20(28-21)16-6-3-2-4-7-16)27-18-10-11-29(15-18)19-9-5-8-17(23)12-19;/h2-9,12-13,18H,10-11,14-15H2,1H3,(H,25,28)(H2,24,26,27);1H. The molecule has 0 bridgehead atoms. The van der Waals surface area contributed by atoms with Crippen LogP contribution in [-0.4, -0.2) is 42.1 Å². The van der Waals surface area contributed by atoms with Crippen molar-refractivity contribution in [2.45, 2.75) is 19.0 Å². The Morgan fingerprint density at radius 2 is 2.07 bits per heavy atom. The number of H-pyrrole nitrogens is 1. The molecule has 1 fully saturated rings. The maximum atomic E-state index is 6.13. The van der Waals surface area contributed by atoms with Gasteiger partial charge in [0.05, 0.1) is 18.4 Å². The van der Waals surface area contributed by atoms with Gasteiger partial charge in [0, 0.05) is 36.9 Å². The number of benzene rings is 2. The summed E-state index contributed by atoms with van der Waals surface area (Å²) in [6, 6.07) is 18.5. The minimum Gasteiger partial charge on any atom is -0.369 e. The van der Waals surface area contributed by atoms with E-state index in [0.29, 0.717) is 12.6 Å². The zero-order chi connectivity index (χ0) is 20.1. The Bertz CT molecular complexity index is 975. The lowest BCUT2D eigenvalue weighted by atomic mass is 10.2. The summed E-state index contributed by atoms with van der Waals surface area (Å²) in [6.07, 6.45) is 2.91. The van der Waals surface area contributed by atoms with Gasteiger partial charge in [0.1, 0.15) is 5.82 Å². The molecule has 0 radical (unpaired) electrons. The molecule has 158 valence electrons. The van der Waals surface area contributed by atoms with Gasteiger partial charge in [-0.15, -0.1) is 24.0 Å². The predicted octanol–water partition coefficient (Wildman–Crippen LogP) is 4.29. The van der Waals surface area contributed by atoms with Gasteiger partial charge in [-0.1, -0.05) is 48.0 Å². The number of aromatic amines is 1. The molecule has 0 saturated carbocycles. The molecule has 1 aliphatic rings. The number of aromatic nitrogens is 2. The Morgan fingerprint density at radius 1 is 1.23 bits per heavy atom. The number of guanidine groups is 1. The van der Waals surface area contributed by atoms with Crippen LogP contribution in [0.5, 0.6) is 0 Å². The topological polar surface area (TPSA) is 68.3 Å². The molecule has 0 aliphatic carbocycles. The molecule has 1 unspecified atom stereocenters. The van der Waals surface area contributed by atoms with E-state index in [-0.39, 0.29) is 24.0 Å². The van der Waals surface area contributed by atoms with Gasteiger partial charge in [-0.2, -0.15) is 0 Å². The lowest BCUT2D eigenvalue weighted by Gasteiger charge is -2.20. The summed E-state index contributed by atoms with van der Waals surface area (Å²) in [4.78, 5) is 14.5. The van der Waals surface area contributed by atoms with Gasteiger partial charge in [-0.3, -0.25) is 4.99 Å². The van der Waals surface area contributed by atoms with E-state index in [0.717, 1.165) is 53.3 Å². The van der Waals surface area contributed by atoms with Crippen molar-refractivity contribution >= 4 is 47.2 Å². The third-order valence-corrected chi connectivity index (χ3v) is 5.30. The summed E-state index contributed by atoms with van der Waals surface area (Å²) in [5, 5.41) is 7.63. The van der Waals surface area contributed by atoms with Crippen LogP contribution < -0.4 is 15.5 Å². The fourth-order valence-corrected chi connectivity index (χ4v) is 3.74. The van der Waals surface area contributed by atoms with Gasteiger partial charge in [-0.25, -0.2) is 4.98 Å². The molecule has 1 atom stereocenters. The van der Waals surface area contributed by atoms with Crippen molar-refractivity contribution in [1.82, 2.24) is 20.6 Å². The van der Waals surface area contributed by atoms with Gasteiger partial charge < -0.3 is 20.5 Å². The molecule has 3 aromatic rings. The highest BCUT2D eigenvalue weighted by atomic mass is 127. The molecular weight excluding hydrogens is 511 g/mol. The van der Waals surface area contributed by atoms with Crippen LogP contribution in [0.2, 0.25) is 5.02 Å². The maximum absolute atomic E-state index is 6.13. The summed E-state index contributed by atoms with van der Waals surface area (Å²) >= 11 is 6.13. The quantitative estimate of drug-likeness (QED) is 0.259. The van der Waals surface area contributed by atoms with E-state index in [1.54, 1.807) is 7.05 Å². The number of rotatable bonds is 5. The average Bonchev–Trinajstić information content (AvgIpc) is 3.41. The SMILES string of the molecule is CN=C(NCc1ncc(-c2ccccc2)[nH]1)NC1CCN(c2cccc(Cl)c2)C1.I. The second-order valence-electron chi connectivity index (χ2n) is 7.09. The van der Waals surface area contributed by atoms with Crippen molar-refractivity contribution in [3.63, 3.8) is 0 Å². The summed E-state index contributed by atoms with van der Waals surface area (Å²) in [7, 11) is 1.79. The molecule has 0 amide bonds. The fraction of sp³-hybridized carbons (Fsp3) is 0.273. The number of nitrogens with zero attached hydrogens (tertiary/aromatic N) is 3. The molecule has 6 nitrogen and oxygen atoms in total. The number of hydrogen-bond acceptors (Lipinski definition) is 3. The minimum atomic E-state index is 0. The van der Waals surface area contributed by atoms with E-state index >= 15 is 0 Å². The molecule has 1 saturated heterocycles. The third kappa shape index (κ3) is 5.66. The van der Waals surface area contributed by atoms with Crippen LogP contribution in [0, 0.1) is 0 Å². The van der Waals surface area contributed by atoms with E-state index < -0.39 is 0 Å². The van der Waals surface area contributed by atoms with Gasteiger partial charge in [0.15, 0.2) is 5.96 Å². The first-order chi connectivity index (χ1) is 14.2. The van der Waals surface area contributed by atoms with Crippen molar-refractivity contribution in [3.05, 3.63) is 71.6 Å². The Hall–Kier alpha value is -2.26. The van der Waals surface area contributed by atoms with Crippen LogP contribution in [0.3, 0.4) is 0 Å². The van der Waals surface area contributed by atoms with Crippen molar-refractivity contribution < 1.29 is 0 Å². The first-order valence-corrected chi connectivity index (χ1v) is 10.2. The highest BCUT2D eigenvalue weighted by Crippen LogP contribution is 2.23. The van der Waals surface area contributed by atoms with Crippen LogP contribution >= 0.6 is 35.6 Å². The fourth-order valence-electron chi connectivity index (χ4n) is 3.56. The van der Waals surface area contributed by atoms with Gasteiger partial charge in [0.25, 0.3) is 0 Å². The average molecular weight is 537 g/mol. The third-order valence-electron chi connectivity index (χ3n) is 5.06. The summed E-state index contributed by atoms with van der Waals surface area (Å²) in [5.74, 6) is 1.65. The molecule has 2 aromatic carbocycles. The number of halogens is 2. The van der Waals surface area contributed by atoms with Gasteiger partial charge >= 0.3 is 0 Å². The second-order valence-corrected chi connectivity index (χ2v) is 7.53. The predicted molar refractivity (Wildman–Crippen MR) is 135 cm³/mol. The molecule has 8 heteroatoms. The first-order valence-electron chi connectivity index (χ1n) is 9.78. The van der Waals surface area contributed by atoms with E-state index in [2.05, 4.69) is 48.7 Å². The first kappa shape index (κ1) is 22.4. The summed E-state index contributed by atoms with van der Waals surface area (Å²) in [6.45, 7) is 2.49. The van der Waals surface area contributed by atoms with Crippen molar-refractivity contribution in [3.8, 4) is 11.3 Å². The lowest BCUT2D eigenvalue weighted by Crippen LogP contribution is -2.44. The van der Waals surface area contributed by atoms with Gasteiger partial charge in [0.2, 0.25) is 0 Å². The van der Waals surface area contributed by atoms with Crippen molar-refractivity contribution in [2.75, 3.05) is 25.0 Å². The Morgan fingerprint density at radius 3 is 2.83 bits per heavy atom. The number of nitrogens with one attached hydrogen (secondary N) is 3. The van der Waals surface area contributed by atoms with E-state index in [1.807, 2.05) is 42.6 Å². The lowest BCUT2D eigenvalue weighted by molar-refractivity contribution is 0.646. The van der Waals surface area contributed by atoms with E-state index in [4.69, 9.17) is 11.6 Å².